The molecule has 0 saturated carbocycles. The highest BCUT2D eigenvalue weighted by Crippen LogP contribution is 2.64. The fraction of sp³-hybridized carbons (Fsp3) is 0.0159. The van der Waals surface area contributed by atoms with Gasteiger partial charge in [-0.3, -0.25) is 0 Å². The molecule has 0 amide bonds. The van der Waals surface area contributed by atoms with Gasteiger partial charge in [-0.1, -0.05) is 164 Å². The normalized spacial score (nSPS) is 13.0. The van der Waals surface area contributed by atoms with Crippen LogP contribution in [0.25, 0.3) is 65.7 Å². The van der Waals surface area contributed by atoms with Gasteiger partial charge in [0.15, 0.2) is 0 Å². The Morgan fingerprint density at radius 2 is 0.773 bits per heavy atom. The maximum absolute atomic E-state index is 7.33. The van der Waals surface area contributed by atoms with E-state index in [9.17, 15) is 0 Å². The van der Waals surface area contributed by atoms with Crippen LogP contribution in [0, 0.1) is 0 Å². The summed E-state index contributed by atoms with van der Waals surface area (Å²) in [7, 11) is 0. The SMILES string of the molecule is c1ccc(N(c2ccccc2)c2ccc3c(c2)C2(c4cc(N(c5ccccc5)c5ccccc5)ccc4-3)c3ccc4c(oc5c6ccccc6ccc45)c3-c3cccc4cccc2c34)cc1. The second-order valence-electron chi connectivity index (χ2n) is 17.6. The summed E-state index contributed by atoms with van der Waals surface area (Å²) in [6, 6.07) is 88.8. The van der Waals surface area contributed by atoms with Crippen molar-refractivity contribution in [3.8, 4) is 22.3 Å². The molecule has 66 heavy (non-hydrogen) atoms. The molecule has 3 heteroatoms. The second-order valence-corrected chi connectivity index (χ2v) is 17.6. The summed E-state index contributed by atoms with van der Waals surface area (Å²) < 4.78 is 7.33. The van der Waals surface area contributed by atoms with Crippen molar-refractivity contribution in [1.29, 1.82) is 0 Å². The minimum Gasteiger partial charge on any atom is -0.455 e. The van der Waals surface area contributed by atoms with Crippen LogP contribution < -0.4 is 9.80 Å². The van der Waals surface area contributed by atoms with Gasteiger partial charge in [0.05, 0.1) is 5.41 Å². The number of benzene rings is 11. The highest BCUT2D eigenvalue weighted by atomic mass is 16.3. The maximum atomic E-state index is 7.33. The monoisotopic (exact) mass is 840 g/mol. The Bertz CT molecular complexity index is 3660. The molecule has 0 radical (unpaired) electrons. The zero-order valence-electron chi connectivity index (χ0n) is 35.9. The highest BCUT2D eigenvalue weighted by Gasteiger charge is 2.51. The Labute approximate surface area is 382 Å². The number of fused-ring (bicyclic) bond motifs is 15. The molecule has 3 nitrogen and oxygen atoms in total. The fourth-order valence-electron chi connectivity index (χ4n) is 11.5. The Hall–Kier alpha value is -8.66. The Morgan fingerprint density at radius 3 is 1.35 bits per heavy atom. The first kappa shape index (κ1) is 36.8. The van der Waals surface area contributed by atoms with Crippen LogP contribution in [-0.4, -0.2) is 0 Å². The van der Waals surface area contributed by atoms with E-state index in [0.29, 0.717) is 0 Å². The second kappa shape index (κ2) is 14.2. The van der Waals surface area contributed by atoms with Crippen molar-refractivity contribution in [3.63, 3.8) is 0 Å². The summed E-state index contributed by atoms with van der Waals surface area (Å²) in [4.78, 5) is 4.78. The molecule has 2 aliphatic carbocycles. The molecule has 12 aromatic rings. The van der Waals surface area contributed by atoms with E-state index in [1.165, 1.54) is 55.1 Å². The van der Waals surface area contributed by atoms with Crippen molar-refractivity contribution < 1.29 is 4.42 Å². The molecule has 2 aliphatic rings. The lowest BCUT2D eigenvalue weighted by Gasteiger charge is -2.40. The van der Waals surface area contributed by atoms with E-state index in [4.69, 9.17) is 4.42 Å². The van der Waals surface area contributed by atoms with Crippen LogP contribution in [0.2, 0.25) is 0 Å². The molecule has 1 aromatic heterocycles. The Balaban J connectivity index is 1.13. The Morgan fingerprint density at radius 1 is 0.288 bits per heavy atom. The predicted octanol–water partition coefficient (Wildman–Crippen LogP) is 17.2. The minimum atomic E-state index is -0.743. The minimum absolute atomic E-state index is 0.743. The quantitative estimate of drug-likeness (QED) is 0.166. The standard InChI is InChI=1S/C63H40N2O/c1-5-20-43(21-6-1)64(44-22-7-2-8-23-44)47-32-35-50-51-36-33-48(65(45-24-9-3-10-25-45)46-26-11-4-12-27-46)40-58(51)63(57(50)39-47)55-30-16-19-42-18-15-29-54(59(42)55)60-56(63)38-37-53-52-34-31-41-17-13-14-28-49(41)61(52)66-62(53)60/h1-40H. The van der Waals surface area contributed by atoms with E-state index < -0.39 is 5.41 Å². The molecule has 14 rings (SSSR count). The average Bonchev–Trinajstić information content (AvgIpc) is 3.91. The third kappa shape index (κ3) is 5.14. The lowest BCUT2D eigenvalue weighted by atomic mass is 9.61. The largest absolute Gasteiger partial charge is 0.455 e. The molecule has 1 spiro atoms. The number of hydrogen-bond donors (Lipinski definition) is 0. The van der Waals surface area contributed by atoms with Crippen LogP contribution >= 0.6 is 0 Å². The molecule has 0 unspecified atom stereocenters. The zero-order chi connectivity index (χ0) is 43.3. The maximum Gasteiger partial charge on any atom is 0.143 e. The first-order chi connectivity index (χ1) is 32.8. The van der Waals surface area contributed by atoms with Gasteiger partial charge in [-0.05, 0) is 134 Å². The van der Waals surface area contributed by atoms with Gasteiger partial charge in [0, 0.05) is 55.8 Å². The van der Waals surface area contributed by atoms with Crippen LogP contribution in [0.3, 0.4) is 0 Å². The van der Waals surface area contributed by atoms with Crippen molar-refractivity contribution in [1.82, 2.24) is 0 Å². The number of nitrogens with zero attached hydrogens (tertiary/aromatic N) is 2. The fourth-order valence-corrected chi connectivity index (χ4v) is 11.5. The van der Waals surface area contributed by atoms with Gasteiger partial charge in [0.2, 0.25) is 0 Å². The summed E-state index contributed by atoms with van der Waals surface area (Å²) in [5, 5.41) is 7.01. The molecule has 0 fully saturated rings. The molecule has 0 atom stereocenters. The summed E-state index contributed by atoms with van der Waals surface area (Å²) in [6.07, 6.45) is 0. The van der Waals surface area contributed by atoms with E-state index >= 15 is 0 Å². The summed E-state index contributed by atoms with van der Waals surface area (Å²) in [5.41, 5.74) is 17.5. The van der Waals surface area contributed by atoms with Gasteiger partial charge >= 0.3 is 0 Å². The van der Waals surface area contributed by atoms with E-state index in [2.05, 4.69) is 252 Å². The molecule has 0 aliphatic heterocycles. The van der Waals surface area contributed by atoms with Gasteiger partial charge in [0.25, 0.3) is 0 Å². The summed E-state index contributed by atoms with van der Waals surface area (Å²) >= 11 is 0. The van der Waals surface area contributed by atoms with E-state index in [1.807, 2.05) is 0 Å². The number of hydrogen-bond acceptors (Lipinski definition) is 3. The number of para-hydroxylation sites is 4. The highest BCUT2D eigenvalue weighted by molar-refractivity contribution is 6.20. The van der Waals surface area contributed by atoms with Crippen LogP contribution in [0.15, 0.2) is 247 Å². The van der Waals surface area contributed by atoms with E-state index in [1.54, 1.807) is 0 Å². The molecular weight excluding hydrogens is 801 g/mol. The molecular formula is C63H40N2O. The number of anilines is 6. The van der Waals surface area contributed by atoms with Crippen molar-refractivity contribution in [2.75, 3.05) is 9.80 Å². The van der Waals surface area contributed by atoms with Crippen LogP contribution in [0.5, 0.6) is 0 Å². The first-order valence-electron chi connectivity index (χ1n) is 22.8. The average molecular weight is 841 g/mol. The van der Waals surface area contributed by atoms with Gasteiger partial charge in [-0.2, -0.15) is 0 Å². The van der Waals surface area contributed by atoms with E-state index in [-0.39, 0.29) is 0 Å². The lowest BCUT2D eigenvalue weighted by molar-refractivity contribution is 0.670. The molecule has 1 heterocycles. The molecule has 308 valence electrons. The third-order valence-corrected chi connectivity index (χ3v) is 14.2. The van der Waals surface area contributed by atoms with Crippen LogP contribution in [0.1, 0.15) is 22.3 Å². The van der Waals surface area contributed by atoms with Gasteiger partial charge < -0.3 is 14.2 Å². The smallest absolute Gasteiger partial charge is 0.143 e. The molecule has 0 bridgehead atoms. The molecule has 11 aromatic carbocycles. The predicted molar refractivity (Wildman–Crippen MR) is 274 cm³/mol. The number of furan rings is 1. The van der Waals surface area contributed by atoms with Crippen molar-refractivity contribution >= 4 is 77.6 Å². The van der Waals surface area contributed by atoms with Crippen molar-refractivity contribution in [2.45, 2.75) is 5.41 Å². The van der Waals surface area contributed by atoms with Crippen molar-refractivity contribution in [2.24, 2.45) is 0 Å². The van der Waals surface area contributed by atoms with Crippen LogP contribution in [-0.2, 0) is 5.41 Å². The Kier molecular flexibility index (Phi) is 7.90. The van der Waals surface area contributed by atoms with Gasteiger partial charge in [-0.15, -0.1) is 0 Å². The number of rotatable bonds is 6. The van der Waals surface area contributed by atoms with Gasteiger partial charge in [-0.25, -0.2) is 0 Å². The van der Waals surface area contributed by atoms with E-state index in [0.717, 1.165) is 67.0 Å². The topological polar surface area (TPSA) is 19.6 Å². The van der Waals surface area contributed by atoms with Crippen LogP contribution in [0.4, 0.5) is 34.1 Å². The lowest BCUT2D eigenvalue weighted by Crippen LogP contribution is -2.32. The summed E-state index contributed by atoms with van der Waals surface area (Å²) in [5.74, 6) is 0. The zero-order valence-corrected chi connectivity index (χ0v) is 35.9. The third-order valence-electron chi connectivity index (χ3n) is 14.2. The molecule has 0 saturated heterocycles. The van der Waals surface area contributed by atoms with Crippen molar-refractivity contribution in [3.05, 3.63) is 265 Å². The first-order valence-corrected chi connectivity index (χ1v) is 22.8. The summed E-state index contributed by atoms with van der Waals surface area (Å²) in [6.45, 7) is 0. The van der Waals surface area contributed by atoms with Gasteiger partial charge in [0.1, 0.15) is 11.2 Å². The molecule has 0 N–H and O–H groups in total.